The molecule has 1 aliphatic carbocycles. The molecule has 1 saturated carbocycles. The van der Waals surface area contributed by atoms with Gasteiger partial charge in [-0.25, -0.2) is 0 Å². The van der Waals surface area contributed by atoms with E-state index in [1.54, 1.807) is 0 Å². The molecule has 5 heteroatoms. The molecule has 1 amide bonds. The minimum Gasteiger partial charge on any atom is -0.466 e. The van der Waals surface area contributed by atoms with E-state index in [0.717, 1.165) is 66.0 Å². The van der Waals surface area contributed by atoms with E-state index < -0.39 is 5.41 Å². The Morgan fingerprint density at radius 1 is 1.00 bits per heavy atom. The maximum Gasteiger partial charge on any atom is 0.313 e. The lowest BCUT2D eigenvalue weighted by Gasteiger charge is -2.34. The monoisotopic (exact) mass is 496 g/mol. The van der Waals surface area contributed by atoms with Gasteiger partial charge in [-0.3, -0.25) is 9.59 Å². The van der Waals surface area contributed by atoms with Crippen LogP contribution in [0.15, 0.2) is 60.7 Å². The molecule has 4 rings (SSSR count). The molecule has 192 valence electrons. The highest BCUT2D eigenvalue weighted by Crippen LogP contribution is 2.40. The zero-order valence-electron chi connectivity index (χ0n) is 22.0. The normalized spacial score (nSPS) is 14.3. The summed E-state index contributed by atoms with van der Waals surface area (Å²) >= 11 is 0. The SMILES string of the molecule is CCCCC(=O)N(Cc1ccc2cc(-c3ccccc3C#N)ccc2c1)CC1(C(=O)OCC)CCCC1. The number of esters is 1. The summed E-state index contributed by atoms with van der Waals surface area (Å²) in [5.41, 5.74) is 3.02. The number of hydrogen-bond acceptors (Lipinski definition) is 4. The fourth-order valence-corrected chi connectivity index (χ4v) is 5.46. The zero-order chi connectivity index (χ0) is 26.3. The Labute approximate surface area is 220 Å². The Kier molecular flexibility index (Phi) is 8.61. The molecular weight excluding hydrogens is 460 g/mol. The average molecular weight is 497 g/mol. The molecular formula is C32H36N2O3. The number of amides is 1. The molecule has 1 fully saturated rings. The summed E-state index contributed by atoms with van der Waals surface area (Å²) in [7, 11) is 0. The predicted octanol–water partition coefficient (Wildman–Crippen LogP) is 7.02. The van der Waals surface area contributed by atoms with E-state index in [0.29, 0.717) is 31.7 Å². The lowest BCUT2D eigenvalue weighted by atomic mass is 9.85. The van der Waals surface area contributed by atoms with E-state index >= 15 is 0 Å². The van der Waals surface area contributed by atoms with Gasteiger partial charge < -0.3 is 9.64 Å². The van der Waals surface area contributed by atoms with Gasteiger partial charge in [-0.15, -0.1) is 0 Å². The van der Waals surface area contributed by atoms with Crippen LogP contribution in [0.3, 0.4) is 0 Å². The predicted molar refractivity (Wildman–Crippen MR) is 147 cm³/mol. The van der Waals surface area contributed by atoms with E-state index in [9.17, 15) is 14.9 Å². The summed E-state index contributed by atoms with van der Waals surface area (Å²) in [4.78, 5) is 28.2. The maximum absolute atomic E-state index is 13.3. The van der Waals surface area contributed by atoms with Gasteiger partial charge in [0.15, 0.2) is 0 Å². The molecule has 0 radical (unpaired) electrons. The first-order chi connectivity index (χ1) is 18.0. The van der Waals surface area contributed by atoms with Crippen molar-refractivity contribution in [2.45, 2.75) is 65.3 Å². The summed E-state index contributed by atoms with van der Waals surface area (Å²) < 4.78 is 5.47. The molecule has 0 N–H and O–H groups in total. The molecule has 0 saturated heterocycles. The Morgan fingerprint density at radius 3 is 2.46 bits per heavy atom. The first-order valence-corrected chi connectivity index (χ1v) is 13.5. The number of hydrogen-bond donors (Lipinski definition) is 0. The molecule has 0 aliphatic heterocycles. The second kappa shape index (κ2) is 12.1. The molecule has 0 bridgehead atoms. The van der Waals surface area contributed by atoms with Crippen molar-refractivity contribution >= 4 is 22.6 Å². The minimum absolute atomic E-state index is 0.0981. The van der Waals surface area contributed by atoms with Gasteiger partial charge in [0.05, 0.1) is 23.7 Å². The first-order valence-electron chi connectivity index (χ1n) is 13.5. The van der Waals surface area contributed by atoms with Gasteiger partial charge >= 0.3 is 5.97 Å². The second-order valence-electron chi connectivity index (χ2n) is 10.1. The minimum atomic E-state index is -0.599. The smallest absolute Gasteiger partial charge is 0.313 e. The number of nitrogens with zero attached hydrogens (tertiary/aromatic N) is 2. The molecule has 3 aromatic rings. The van der Waals surface area contributed by atoms with Crippen LogP contribution in [0, 0.1) is 16.7 Å². The topological polar surface area (TPSA) is 70.4 Å². The summed E-state index contributed by atoms with van der Waals surface area (Å²) in [6.45, 7) is 5.16. The molecule has 3 aromatic carbocycles. The van der Waals surface area contributed by atoms with Crippen LogP contribution >= 0.6 is 0 Å². The highest BCUT2D eigenvalue weighted by atomic mass is 16.5. The van der Waals surface area contributed by atoms with Crippen LogP contribution in [0.1, 0.15) is 69.9 Å². The first kappa shape index (κ1) is 26.4. The van der Waals surface area contributed by atoms with Gasteiger partial charge in [-0.1, -0.05) is 68.7 Å². The Hall–Kier alpha value is -3.65. The van der Waals surface area contributed by atoms with Gasteiger partial charge in [-0.2, -0.15) is 5.26 Å². The summed E-state index contributed by atoms with van der Waals surface area (Å²) in [6.07, 6.45) is 5.81. The average Bonchev–Trinajstić information content (AvgIpc) is 3.41. The number of carbonyl (C=O) groups excluding carboxylic acids is 2. The van der Waals surface area contributed by atoms with Crippen LogP contribution in [0.5, 0.6) is 0 Å². The van der Waals surface area contributed by atoms with Crippen molar-refractivity contribution in [2.75, 3.05) is 13.2 Å². The third kappa shape index (κ3) is 6.02. The van der Waals surface area contributed by atoms with Crippen LogP contribution in [0.2, 0.25) is 0 Å². The Morgan fingerprint density at radius 2 is 1.73 bits per heavy atom. The molecule has 5 nitrogen and oxygen atoms in total. The van der Waals surface area contributed by atoms with Crippen molar-refractivity contribution < 1.29 is 14.3 Å². The van der Waals surface area contributed by atoms with Crippen molar-refractivity contribution in [3.63, 3.8) is 0 Å². The number of carbonyl (C=O) groups is 2. The van der Waals surface area contributed by atoms with Crippen molar-refractivity contribution in [1.29, 1.82) is 5.26 Å². The van der Waals surface area contributed by atoms with Crippen molar-refractivity contribution in [2.24, 2.45) is 5.41 Å². The molecule has 1 aliphatic rings. The summed E-state index contributed by atoms with van der Waals surface area (Å²) in [6, 6.07) is 22.4. The Bertz CT molecular complexity index is 1300. The van der Waals surface area contributed by atoms with Gasteiger partial charge in [0.1, 0.15) is 0 Å². The van der Waals surface area contributed by atoms with Crippen LogP contribution in [-0.2, 0) is 20.9 Å². The van der Waals surface area contributed by atoms with Crippen molar-refractivity contribution in [1.82, 2.24) is 4.90 Å². The highest BCUT2D eigenvalue weighted by Gasteiger charge is 2.44. The second-order valence-corrected chi connectivity index (χ2v) is 10.1. The standard InChI is InChI=1S/C32H36N2O3/c1-3-5-12-30(35)34(23-32(17-8-9-18-32)31(36)37-4-2)22-24-13-14-26-20-27(16-15-25(26)19-24)29-11-7-6-10-28(29)21-33/h6-7,10-11,13-16,19-20H,3-5,8-9,12,17-18,22-23H2,1-2H3. The lowest BCUT2D eigenvalue weighted by molar-refractivity contribution is -0.157. The van der Waals surface area contributed by atoms with E-state index in [4.69, 9.17) is 4.74 Å². The van der Waals surface area contributed by atoms with Crippen LogP contribution in [0.25, 0.3) is 21.9 Å². The summed E-state index contributed by atoms with van der Waals surface area (Å²) in [5, 5.41) is 11.6. The third-order valence-electron chi connectivity index (χ3n) is 7.50. The molecule has 0 atom stereocenters. The van der Waals surface area contributed by atoms with Crippen LogP contribution < -0.4 is 0 Å². The van der Waals surface area contributed by atoms with Crippen LogP contribution in [0.4, 0.5) is 0 Å². The molecule has 0 unspecified atom stereocenters. The molecule has 37 heavy (non-hydrogen) atoms. The van der Waals surface area contributed by atoms with Crippen molar-refractivity contribution in [3.05, 3.63) is 71.8 Å². The number of unbranched alkanes of at least 4 members (excludes halogenated alkanes) is 1. The van der Waals surface area contributed by atoms with Crippen molar-refractivity contribution in [3.8, 4) is 17.2 Å². The van der Waals surface area contributed by atoms with Gasteiger partial charge in [0.2, 0.25) is 5.91 Å². The number of rotatable bonds is 10. The maximum atomic E-state index is 13.3. The van der Waals surface area contributed by atoms with E-state index in [2.05, 4.69) is 43.3 Å². The van der Waals surface area contributed by atoms with Gasteiger partial charge in [0, 0.05) is 19.5 Å². The number of ether oxygens (including phenoxy) is 1. The van der Waals surface area contributed by atoms with E-state index in [1.807, 2.05) is 42.2 Å². The number of nitriles is 1. The largest absolute Gasteiger partial charge is 0.466 e. The zero-order valence-corrected chi connectivity index (χ0v) is 22.0. The third-order valence-corrected chi connectivity index (χ3v) is 7.50. The highest BCUT2D eigenvalue weighted by molar-refractivity contribution is 5.89. The van der Waals surface area contributed by atoms with E-state index in [-0.39, 0.29) is 11.9 Å². The fraction of sp³-hybridized carbons (Fsp3) is 0.406. The van der Waals surface area contributed by atoms with Gasteiger partial charge in [0.25, 0.3) is 0 Å². The quantitative estimate of drug-likeness (QED) is 0.283. The molecule has 0 aromatic heterocycles. The van der Waals surface area contributed by atoms with Crippen LogP contribution in [-0.4, -0.2) is 29.9 Å². The fourth-order valence-electron chi connectivity index (χ4n) is 5.46. The molecule has 0 spiro atoms. The summed E-state index contributed by atoms with van der Waals surface area (Å²) in [5.74, 6) is -0.0644. The number of fused-ring (bicyclic) bond motifs is 1. The lowest BCUT2D eigenvalue weighted by Crippen LogP contribution is -2.44. The molecule has 0 heterocycles. The van der Waals surface area contributed by atoms with E-state index in [1.165, 1.54) is 0 Å². The Balaban J connectivity index is 1.61. The van der Waals surface area contributed by atoms with Gasteiger partial charge in [-0.05, 0) is 71.8 Å². The number of benzene rings is 3.